The lowest BCUT2D eigenvalue weighted by Crippen LogP contribution is -2.02. The Kier molecular flexibility index (Phi) is 4.92. The lowest BCUT2D eigenvalue weighted by Gasteiger charge is -2.08. The quantitative estimate of drug-likeness (QED) is 0.676. The second-order valence-electron chi connectivity index (χ2n) is 4.83. The molecule has 0 aliphatic heterocycles. The van der Waals surface area contributed by atoms with Crippen LogP contribution in [0, 0.1) is 11.3 Å². The molecule has 0 saturated heterocycles. The van der Waals surface area contributed by atoms with Gasteiger partial charge in [0.1, 0.15) is 10.9 Å². The van der Waals surface area contributed by atoms with Gasteiger partial charge in [0.25, 0.3) is 0 Å². The van der Waals surface area contributed by atoms with Crippen LogP contribution >= 0.6 is 23.4 Å². The van der Waals surface area contributed by atoms with Crippen molar-refractivity contribution in [1.82, 2.24) is 10.2 Å². The fourth-order valence-corrected chi connectivity index (χ4v) is 2.98. The summed E-state index contributed by atoms with van der Waals surface area (Å²) in [7, 11) is 0. The van der Waals surface area contributed by atoms with Crippen molar-refractivity contribution >= 4 is 23.4 Å². The number of rotatable bonds is 4. The summed E-state index contributed by atoms with van der Waals surface area (Å²) in [6.45, 7) is 0. The molecule has 0 N–H and O–H groups in total. The Morgan fingerprint density at radius 2 is 1.65 bits per heavy atom. The number of halogens is 1. The first kappa shape index (κ1) is 15.5. The van der Waals surface area contributed by atoms with Gasteiger partial charge in [0.2, 0.25) is 0 Å². The molecule has 0 fully saturated rings. The molecule has 0 amide bonds. The Labute approximate surface area is 144 Å². The van der Waals surface area contributed by atoms with E-state index in [2.05, 4.69) is 16.3 Å². The molecule has 112 valence electrons. The normalized spacial score (nSPS) is 11.7. The molecular formula is C18H12ClN3S. The van der Waals surface area contributed by atoms with Crippen LogP contribution in [-0.4, -0.2) is 10.2 Å². The van der Waals surface area contributed by atoms with Gasteiger partial charge in [-0.25, -0.2) is 0 Å². The zero-order valence-electron chi connectivity index (χ0n) is 12.1. The number of benzene rings is 2. The van der Waals surface area contributed by atoms with E-state index in [0.717, 1.165) is 15.5 Å². The molecule has 5 heteroatoms. The predicted molar refractivity (Wildman–Crippen MR) is 91.5 cm³/mol. The molecular weight excluding hydrogens is 326 g/mol. The van der Waals surface area contributed by atoms with Crippen molar-refractivity contribution in [1.29, 1.82) is 5.26 Å². The molecule has 0 aliphatic rings. The third kappa shape index (κ3) is 3.89. The van der Waals surface area contributed by atoms with Gasteiger partial charge in [-0.05, 0) is 42.0 Å². The van der Waals surface area contributed by atoms with Crippen molar-refractivity contribution in [3.8, 4) is 6.07 Å². The monoisotopic (exact) mass is 337 g/mol. The zero-order chi connectivity index (χ0) is 16.1. The fraction of sp³-hybridized carbons (Fsp3) is 0.0556. The lowest BCUT2D eigenvalue weighted by atomic mass is 9.97. The Hall–Kier alpha value is -2.35. The van der Waals surface area contributed by atoms with E-state index in [1.165, 1.54) is 11.8 Å². The smallest absolute Gasteiger partial charge is 0.124 e. The maximum Gasteiger partial charge on any atom is 0.124 e. The van der Waals surface area contributed by atoms with Gasteiger partial charge >= 0.3 is 0 Å². The molecule has 1 unspecified atom stereocenters. The van der Waals surface area contributed by atoms with E-state index in [1.807, 2.05) is 66.7 Å². The molecule has 0 spiro atoms. The van der Waals surface area contributed by atoms with Crippen molar-refractivity contribution in [2.75, 3.05) is 0 Å². The van der Waals surface area contributed by atoms with Gasteiger partial charge in [-0.1, -0.05) is 53.7 Å². The van der Waals surface area contributed by atoms with Crippen molar-refractivity contribution in [2.45, 2.75) is 15.8 Å². The second kappa shape index (κ2) is 7.28. The maximum atomic E-state index is 9.43. The van der Waals surface area contributed by atoms with Crippen LogP contribution in [0.4, 0.5) is 0 Å². The Balaban J connectivity index is 1.79. The first-order valence-electron chi connectivity index (χ1n) is 6.98. The fourth-order valence-electron chi connectivity index (χ4n) is 2.12. The Morgan fingerprint density at radius 3 is 2.26 bits per heavy atom. The van der Waals surface area contributed by atoms with E-state index in [9.17, 15) is 5.26 Å². The molecule has 1 heterocycles. The van der Waals surface area contributed by atoms with E-state index >= 15 is 0 Å². The highest BCUT2D eigenvalue weighted by Gasteiger charge is 2.15. The van der Waals surface area contributed by atoms with Crippen LogP contribution in [0.15, 0.2) is 76.7 Å². The minimum absolute atomic E-state index is 0.404. The molecule has 0 saturated carbocycles. The number of hydrogen-bond acceptors (Lipinski definition) is 4. The minimum atomic E-state index is -0.404. The van der Waals surface area contributed by atoms with E-state index in [-0.39, 0.29) is 0 Å². The molecule has 2 aromatic carbocycles. The molecule has 3 rings (SSSR count). The van der Waals surface area contributed by atoms with Crippen molar-refractivity contribution in [3.63, 3.8) is 0 Å². The van der Waals surface area contributed by atoms with Gasteiger partial charge in [0, 0.05) is 9.92 Å². The highest BCUT2D eigenvalue weighted by atomic mass is 35.5. The SMILES string of the molecule is N#CC(c1ccccc1)c1ccc(Sc2ccc(Cl)cc2)nn1. The topological polar surface area (TPSA) is 49.6 Å². The zero-order valence-corrected chi connectivity index (χ0v) is 13.6. The predicted octanol–water partition coefficient (Wildman–Crippen LogP) is 4.94. The van der Waals surface area contributed by atoms with Gasteiger partial charge in [-0.2, -0.15) is 10.4 Å². The van der Waals surface area contributed by atoms with E-state index in [4.69, 9.17) is 11.6 Å². The molecule has 1 aromatic heterocycles. The van der Waals surface area contributed by atoms with Crippen molar-refractivity contribution in [2.24, 2.45) is 0 Å². The van der Waals surface area contributed by atoms with Crippen LogP contribution in [0.2, 0.25) is 5.02 Å². The van der Waals surface area contributed by atoms with Gasteiger partial charge in [-0.15, -0.1) is 5.10 Å². The van der Waals surface area contributed by atoms with Crippen molar-refractivity contribution < 1.29 is 0 Å². The Morgan fingerprint density at radius 1 is 0.913 bits per heavy atom. The standard InChI is InChI=1S/C18H12ClN3S/c19-14-6-8-15(9-7-14)23-18-11-10-17(21-22-18)16(12-20)13-4-2-1-3-5-13/h1-11,16H. The molecule has 0 radical (unpaired) electrons. The van der Waals surface area contributed by atoms with Crippen LogP contribution < -0.4 is 0 Å². The van der Waals surface area contributed by atoms with Crippen LogP contribution in [-0.2, 0) is 0 Å². The molecule has 23 heavy (non-hydrogen) atoms. The first-order chi connectivity index (χ1) is 11.3. The number of nitriles is 1. The number of aromatic nitrogens is 2. The summed E-state index contributed by atoms with van der Waals surface area (Å²) in [5, 5.41) is 19.4. The average Bonchev–Trinajstić information content (AvgIpc) is 2.60. The molecule has 1 atom stereocenters. The number of nitrogens with zero attached hydrogens (tertiary/aromatic N) is 3. The van der Waals surface area contributed by atoms with Crippen LogP contribution in [0.3, 0.4) is 0 Å². The van der Waals surface area contributed by atoms with E-state index in [0.29, 0.717) is 10.7 Å². The Bertz CT molecular complexity index is 812. The van der Waals surface area contributed by atoms with Gasteiger partial charge in [0.05, 0.1) is 11.8 Å². The third-order valence-electron chi connectivity index (χ3n) is 3.25. The van der Waals surface area contributed by atoms with Crippen LogP contribution in [0.25, 0.3) is 0 Å². The summed E-state index contributed by atoms with van der Waals surface area (Å²) >= 11 is 7.38. The summed E-state index contributed by atoms with van der Waals surface area (Å²) in [6, 6.07) is 23.2. The van der Waals surface area contributed by atoms with Gasteiger partial charge in [-0.3, -0.25) is 0 Å². The summed E-state index contributed by atoms with van der Waals surface area (Å²) in [5.74, 6) is -0.404. The highest BCUT2D eigenvalue weighted by Crippen LogP contribution is 2.28. The number of hydrogen-bond donors (Lipinski definition) is 0. The maximum absolute atomic E-state index is 9.43. The van der Waals surface area contributed by atoms with Crippen LogP contribution in [0.1, 0.15) is 17.2 Å². The second-order valence-corrected chi connectivity index (χ2v) is 6.36. The highest BCUT2D eigenvalue weighted by molar-refractivity contribution is 7.99. The largest absolute Gasteiger partial charge is 0.197 e. The molecule has 3 aromatic rings. The average molecular weight is 338 g/mol. The lowest BCUT2D eigenvalue weighted by molar-refractivity contribution is 0.837. The summed E-state index contributed by atoms with van der Waals surface area (Å²) in [5.41, 5.74) is 1.57. The van der Waals surface area contributed by atoms with Gasteiger partial charge < -0.3 is 0 Å². The summed E-state index contributed by atoms with van der Waals surface area (Å²) in [6.07, 6.45) is 0. The van der Waals surface area contributed by atoms with Crippen LogP contribution in [0.5, 0.6) is 0 Å². The molecule has 0 aliphatic carbocycles. The minimum Gasteiger partial charge on any atom is -0.197 e. The molecule has 3 nitrogen and oxygen atoms in total. The van der Waals surface area contributed by atoms with Gasteiger partial charge in [0.15, 0.2) is 0 Å². The first-order valence-corrected chi connectivity index (χ1v) is 8.17. The summed E-state index contributed by atoms with van der Waals surface area (Å²) in [4.78, 5) is 1.04. The van der Waals surface area contributed by atoms with E-state index < -0.39 is 5.92 Å². The molecule has 0 bridgehead atoms. The summed E-state index contributed by atoms with van der Waals surface area (Å²) < 4.78 is 0. The third-order valence-corrected chi connectivity index (χ3v) is 4.44. The van der Waals surface area contributed by atoms with Crippen molar-refractivity contribution in [3.05, 3.63) is 83.0 Å². The van der Waals surface area contributed by atoms with E-state index in [1.54, 1.807) is 0 Å².